The zero-order valence-corrected chi connectivity index (χ0v) is 8.09. The summed E-state index contributed by atoms with van der Waals surface area (Å²) in [6.07, 6.45) is 0.570. The number of aromatic amines is 1. The summed E-state index contributed by atoms with van der Waals surface area (Å²) in [5.74, 6) is -0.519. The number of imidazole rings is 1. The van der Waals surface area contributed by atoms with Crippen LogP contribution in [0.25, 0.3) is 0 Å². The van der Waals surface area contributed by atoms with Crippen molar-refractivity contribution in [2.75, 3.05) is 0 Å². The highest BCUT2D eigenvalue weighted by Crippen LogP contribution is 2.20. The first-order chi connectivity index (χ1) is 6.06. The monoisotopic (exact) mass is 182 g/mol. The predicted octanol–water partition coefficient (Wildman–Crippen LogP) is 1.60. The van der Waals surface area contributed by atoms with Gasteiger partial charge in [-0.1, -0.05) is 6.92 Å². The quantitative estimate of drug-likeness (QED) is 0.746. The maximum atomic E-state index is 10.8. The summed E-state index contributed by atoms with van der Waals surface area (Å²) < 4.78 is 0. The van der Waals surface area contributed by atoms with Crippen molar-refractivity contribution in [3.05, 3.63) is 17.2 Å². The number of aromatic nitrogens is 2. The molecule has 13 heavy (non-hydrogen) atoms. The number of rotatable bonds is 3. The van der Waals surface area contributed by atoms with E-state index in [4.69, 9.17) is 5.11 Å². The standard InChI is InChI=1S/C9H14N2O2/c1-4-7(9(12)13)8-5(2)10-6(3)11-8/h7H,4H2,1-3H3,(H,10,11)(H,12,13). The molecule has 0 amide bonds. The number of carboxylic acid groups (broad SMARTS) is 1. The number of nitrogens with zero attached hydrogens (tertiary/aromatic N) is 1. The van der Waals surface area contributed by atoms with E-state index in [0.29, 0.717) is 12.1 Å². The Hall–Kier alpha value is -1.32. The Balaban J connectivity index is 3.04. The zero-order valence-electron chi connectivity index (χ0n) is 8.09. The van der Waals surface area contributed by atoms with Crippen LogP contribution in [0.2, 0.25) is 0 Å². The molecule has 0 fully saturated rings. The van der Waals surface area contributed by atoms with Gasteiger partial charge in [0.2, 0.25) is 0 Å². The second-order valence-corrected chi connectivity index (χ2v) is 3.13. The summed E-state index contributed by atoms with van der Waals surface area (Å²) in [6.45, 7) is 5.52. The zero-order chi connectivity index (χ0) is 10.0. The van der Waals surface area contributed by atoms with Crippen LogP contribution in [0.1, 0.15) is 36.5 Å². The van der Waals surface area contributed by atoms with Crippen LogP contribution in [-0.4, -0.2) is 21.0 Å². The number of H-pyrrole nitrogens is 1. The van der Waals surface area contributed by atoms with Gasteiger partial charge in [0.25, 0.3) is 0 Å². The highest BCUT2D eigenvalue weighted by atomic mass is 16.4. The van der Waals surface area contributed by atoms with E-state index in [9.17, 15) is 4.79 Å². The molecule has 1 unspecified atom stereocenters. The van der Waals surface area contributed by atoms with Crippen molar-refractivity contribution in [2.45, 2.75) is 33.1 Å². The van der Waals surface area contributed by atoms with Gasteiger partial charge < -0.3 is 10.1 Å². The molecule has 0 aliphatic heterocycles. The normalized spacial score (nSPS) is 12.8. The van der Waals surface area contributed by atoms with E-state index in [1.165, 1.54) is 0 Å². The first-order valence-corrected chi connectivity index (χ1v) is 4.32. The van der Waals surface area contributed by atoms with Crippen LogP contribution < -0.4 is 0 Å². The van der Waals surface area contributed by atoms with Gasteiger partial charge in [-0.05, 0) is 20.3 Å². The van der Waals surface area contributed by atoms with Crippen LogP contribution in [0, 0.1) is 13.8 Å². The minimum atomic E-state index is -0.808. The molecule has 2 N–H and O–H groups in total. The minimum Gasteiger partial charge on any atom is -0.481 e. The lowest BCUT2D eigenvalue weighted by Gasteiger charge is -2.06. The van der Waals surface area contributed by atoms with E-state index in [2.05, 4.69) is 9.97 Å². The maximum absolute atomic E-state index is 10.8. The molecule has 0 aliphatic carbocycles. The third-order valence-corrected chi connectivity index (χ3v) is 2.08. The molecule has 0 saturated heterocycles. The lowest BCUT2D eigenvalue weighted by atomic mass is 10.0. The van der Waals surface area contributed by atoms with Crippen LogP contribution in [0.4, 0.5) is 0 Å². The lowest BCUT2D eigenvalue weighted by Crippen LogP contribution is -2.12. The maximum Gasteiger partial charge on any atom is 0.312 e. The summed E-state index contributed by atoms with van der Waals surface area (Å²) in [7, 11) is 0. The Morgan fingerprint density at radius 3 is 2.54 bits per heavy atom. The molecule has 0 bridgehead atoms. The molecular weight excluding hydrogens is 168 g/mol. The van der Waals surface area contributed by atoms with Gasteiger partial charge >= 0.3 is 5.97 Å². The topological polar surface area (TPSA) is 66.0 Å². The molecule has 4 nitrogen and oxygen atoms in total. The molecule has 1 rings (SSSR count). The van der Waals surface area contributed by atoms with Gasteiger partial charge in [-0.2, -0.15) is 0 Å². The largest absolute Gasteiger partial charge is 0.481 e. The van der Waals surface area contributed by atoms with Crippen LogP contribution in [0.5, 0.6) is 0 Å². The number of hydrogen-bond donors (Lipinski definition) is 2. The van der Waals surface area contributed by atoms with Gasteiger partial charge in [-0.3, -0.25) is 4.79 Å². The number of aliphatic carboxylic acids is 1. The summed E-state index contributed by atoms with van der Waals surface area (Å²) >= 11 is 0. The van der Waals surface area contributed by atoms with Gasteiger partial charge in [0.1, 0.15) is 11.7 Å². The van der Waals surface area contributed by atoms with E-state index < -0.39 is 11.9 Å². The van der Waals surface area contributed by atoms with E-state index in [0.717, 1.165) is 11.5 Å². The van der Waals surface area contributed by atoms with Gasteiger partial charge in [0.05, 0.1) is 5.69 Å². The molecule has 0 aliphatic rings. The van der Waals surface area contributed by atoms with Crippen LogP contribution in [0.3, 0.4) is 0 Å². The molecule has 0 spiro atoms. The summed E-state index contributed by atoms with van der Waals surface area (Å²) in [4.78, 5) is 18.0. The molecular formula is C9H14N2O2. The van der Waals surface area contributed by atoms with Crippen LogP contribution >= 0.6 is 0 Å². The van der Waals surface area contributed by atoms with Gasteiger partial charge in [-0.25, -0.2) is 4.98 Å². The minimum absolute atomic E-state index is 0.482. The summed E-state index contributed by atoms with van der Waals surface area (Å²) in [5, 5.41) is 8.91. The first kappa shape index (κ1) is 9.77. The van der Waals surface area contributed by atoms with Crippen molar-refractivity contribution in [1.82, 2.24) is 9.97 Å². The Morgan fingerprint density at radius 1 is 1.62 bits per heavy atom. The second-order valence-electron chi connectivity index (χ2n) is 3.13. The molecule has 1 heterocycles. The summed E-state index contributed by atoms with van der Waals surface area (Å²) in [6, 6.07) is 0. The summed E-state index contributed by atoms with van der Waals surface area (Å²) in [5.41, 5.74) is 1.51. The van der Waals surface area contributed by atoms with Crippen LogP contribution in [-0.2, 0) is 4.79 Å². The van der Waals surface area contributed by atoms with Gasteiger partial charge in [-0.15, -0.1) is 0 Å². The average molecular weight is 182 g/mol. The molecule has 1 aromatic rings. The number of carbonyl (C=O) groups is 1. The number of carboxylic acids is 1. The smallest absolute Gasteiger partial charge is 0.312 e. The van der Waals surface area contributed by atoms with Crippen molar-refractivity contribution in [1.29, 1.82) is 0 Å². The fourth-order valence-corrected chi connectivity index (χ4v) is 1.45. The Morgan fingerprint density at radius 2 is 2.23 bits per heavy atom. The van der Waals surface area contributed by atoms with Crippen molar-refractivity contribution in [3.63, 3.8) is 0 Å². The third-order valence-electron chi connectivity index (χ3n) is 2.08. The predicted molar refractivity (Wildman–Crippen MR) is 48.7 cm³/mol. The molecule has 1 atom stereocenters. The van der Waals surface area contributed by atoms with E-state index in [1.807, 2.05) is 20.8 Å². The fourth-order valence-electron chi connectivity index (χ4n) is 1.45. The number of hydrogen-bond acceptors (Lipinski definition) is 2. The molecule has 72 valence electrons. The van der Waals surface area contributed by atoms with Gasteiger partial charge in [0.15, 0.2) is 0 Å². The van der Waals surface area contributed by atoms with Gasteiger partial charge in [0, 0.05) is 5.69 Å². The first-order valence-electron chi connectivity index (χ1n) is 4.32. The Bertz CT molecular complexity index is 317. The average Bonchev–Trinajstić information content (AvgIpc) is 2.31. The van der Waals surface area contributed by atoms with Crippen molar-refractivity contribution < 1.29 is 9.90 Å². The highest BCUT2D eigenvalue weighted by Gasteiger charge is 2.22. The van der Waals surface area contributed by atoms with Crippen molar-refractivity contribution in [3.8, 4) is 0 Å². The Labute approximate surface area is 77.0 Å². The molecule has 0 saturated carbocycles. The highest BCUT2D eigenvalue weighted by molar-refractivity contribution is 5.75. The second kappa shape index (κ2) is 3.60. The van der Waals surface area contributed by atoms with E-state index in [-0.39, 0.29) is 0 Å². The molecule has 0 aromatic carbocycles. The lowest BCUT2D eigenvalue weighted by molar-refractivity contribution is -0.138. The van der Waals surface area contributed by atoms with Crippen molar-refractivity contribution >= 4 is 5.97 Å². The third kappa shape index (κ3) is 1.88. The molecule has 0 radical (unpaired) electrons. The van der Waals surface area contributed by atoms with E-state index >= 15 is 0 Å². The molecule has 1 aromatic heterocycles. The molecule has 4 heteroatoms. The van der Waals surface area contributed by atoms with Crippen LogP contribution in [0.15, 0.2) is 0 Å². The fraction of sp³-hybridized carbons (Fsp3) is 0.556. The van der Waals surface area contributed by atoms with Crippen molar-refractivity contribution in [2.24, 2.45) is 0 Å². The Kier molecular flexibility index (Phi) is 2.70. The SMILES string of the molecule is CCC(C(=O)O)c1nc(C)[nH]c1C. The number of nitrogens with one attached hydrogen (secondary N) is 1. The van der Waals surface area contributed by atoms with E-state index in [1.54, 1.807) is 0 Å². The number of aryl methyl sites for hydroxylation is 2.